The minimum absolute atomic E-state index is 0.0231. The van der Waals surface area contributed by atoms with Crippen LogP contribution in [0.2, 0.25) is 10.0 Å². The average Bonchev–Trinajstić information content (AvgIpc) is 2.90. The summed E-state index contributed by atoms with van der Waals surface area (Å²) in [5, 5.41) is 10.9. The summed E-state index contributed by atoms with van der Waals surface area (Å²) in [4.78, 5) is -0.197. The molecule has 3 aromatic rings. The SMILES string of the molecule is CCC(O)c1c(C)oc2c(NS(=O)(=O)c3c(Cl)cccc3Cl)cccc12. The maximum Gasteiger partial charge on any atom is 0.264 e. The summed E-state index contributed by atoms with van der Waals surface area (Å²) in [5.41, 5.74) is 1.25. The Balaban J connectivity index is 2.13. The number of nitrogens with one attached hydrogen (secondary N) is 1. The van der Waals surface area contributed by atoms with Crippen LogP contribution in [0.1, 0.15) is 30.8 Å². The number of aliphatic hydroxyl groups is 1. The number of fused-ring (bicyclic) bond motifs is 1. The van der Waals surface area contributed by atoms with Crippen LogP contribution in [-0.4, -0.2) is 13.5 Å². The number of para-hydroxylation sites is 1. The van der Waals surface area contributed by atoms with Gasteiger partial charge in [-0.2, -0.15) is 0 Å². The van der Waals surface area contributed by atoms with E-state index in [1.165, 1.54) is 12.1 Å². The fourth-order valence-electron chi connectivity index (χ4n) is 2.89. The fraction of sp³-hybridized carbons (Fsp3) is 0.222. The van der Waals surface area contributed by atoms with Crippen molar-refractivity contribution in [3.05, 3.63) is 57.8 Å². The summed E-state index contributed by atoms with van der Waals surface area (Å²) in [6.07, 6.45) is -0.179. The van der Waals surface area contributed by atoms with Gasteiger partial charge in [0.25, 0.3) is 10.0 Å². The first kappa shape index (κ1) is 19.0. The van der Waals surface area contributed by atoms with E-state index in [-0.39, 0.29) is 20.6 Å². The summed E-state index contributed by atoms with van der Waals surface area (Å²) in [6.45, 7) is 3.59. The van der Waals surface area contributed by atoms with Crippen molar-refractivity contribution in [2.24, 2.45) is 0 Å². The van der Waals surface area contributed by atoms with Crippen molar-refractivity contribution in [2.45, 2.75) is 31.3 Å². The normalized spacial score (nSPS) is 13.1. The van der Waals surface area contributed by atoms with Crippen LogP contribution in [0.15, 0.2) is 45.7 Å². The van der Waals surface area contributed by atoms with Gasteiger partial charge in [0, 0.05) is 10.9 Å². The third kappa shape index (κ3) is 3.30. The molecule has 0 aliphatic rings. The second-order valence-corrected chi connectivity index (χ2v) is 8.27. The van der Waals surface area contributed by atoms with Crippen molar-refractivity contribution >= 4 is 49.9 Å². The largest absolute Gasteiger partial charge is 0.459 e. The number of halogens is 2. The predicted molar refractivity (Wildman–Crippen MR) is 103 cm³/mol. The molecule has 1 unspecified atom stereocenters. The highest BCUT2D eigenvalue weighted by molar-refractivity contribution is 7.93. The highest BCUT2D eigenvalue weighted by Gasteiger charge is 2.25. The lowest BCUT2D eigenvalue weighted by Crippen LogP contribution is -2.14. The molecule has 138 valence electrons. The molecule has 1 aromatic heterocycles. The van der Waals surface area contributed by atoms with Crippen LogP contribution in [-0.2, 0) is 10.0 Å². The first-order valence-electron chi connectivity index (χ1n) is 7.93. The molecule has 1 atom stereocenters. The fourth-order valence-corrected chi connectivity index (χ4v) is 5.10. The molecule has 0 amide bonds. The van der Waals surface area contributed by atoms with Gasteiger partial charge in [0.1, 0.15) is 10.7 Å². The molecule has 3 rings (SSSR count). The molecule has 2 N–H and O–H groups in total. The number of aryl methyl sites for hydroxylation is 1. The lowest BCUT2D eigenvalue weighted by molar-refractivity contribution is 0.173. The van der Waals surface area contributed by atoms with Gasteiger partial charge in [-0.3, -0.25) is 4.72 Å². The molecule has 0 aliphatic carbocycles. The molecule has 2 aromatic carbocycles. The van der Waals surface area contributed by atoms with Gasteiger partial charge in [-0.05, 0) is 31.5 Å². The lowest BCUT2D eigenvalue weighted by Gasteiger charge is -2.11. The average molecular weight is 414 g/mol. The number of sulfonamides is 1. The zero-order valence-electron chi connectivity index (χ0n) is 14.1. The number of furan rings is 1. The molecule has 0 spiro atoms. The van der Waals surface area contributed by atoms with Crippen LogP contribution < -0.4 is 4.72 Å². The molecular weight excluding hydrogens is 397 g/mol. The summed E-state index contributed by atoms with van der Waals surface area (Å²) in [6, 6.07) is 9.52. The Morgan fingerprint density at radius 2 is 1.77 bits per heavy atom. The van der Waals surface area contributed by atoms with Crippen molar-refractivity contribution in [2.75, 3.05) is 4.72 Å². The minimum Gasteiger partial charge on any atom is -0.459 e. The van der Waals surface area contributed by atoms with E-state index in [1.807, 2.05) is 6.92 Å². The Morgan fingerprint density at radius 1 is 1.15 bits per heavy atom. The minimum atomic E-state index is -4.03. The molecule has 0 aliphatic heterocycles. The van der Waals surface area contributed by atoms with Gasteiger partial charge in [0.15, 0.2) is 5.58 Å². The monoisotopic (exact) mass is 413 g/mol. The third-order valence-corrected chi connectivity index (χ3v) is 6.41. The molecule has 0 bridgehead atoms. The van der Waals surface area contributed by atoms with E-state index >= 15 is 0 Å². The van der Waals surface area contributed by atoms with Crippen LogP contribution in [0.25, 0.3) is 11.0 Å². The van der Waals surface area contributed by atoms with E-state index in [4.69, 9.17) is 27.6 Å². The van der Waals surface area contributed by atoms with E-state index in [9.17, 15) is 13.5 Å². The van der Waals surface area contributed by atoms with Crippen LogP contribution in [0, 0.1) is 6.92 Å². The Labute approximate surface area is 161 Å². The second kappa shape index (κ2) is 7.12. The van der Waals surface area contributed by atoms with Crippen molar-refractivity contribution in [1.82, 2.24) is 0 Å². The molecule has 5 nitrogen and oxygen atoms in total. The van der Waals surface area contributed by atoms with Crippen molar-refractivity contribution in [3.8, 4) is 0 Å². The number of benzene rings is 2. The molecule has 1 heterocycles. The maximum atomic E-state index is 12.8. The Bertz CT molecular complexity index is 1060. The highest BCUT2D eigenvalue weighted by atomic mass is 35.5. The Hall–Kier alpha value is -1.73. The number of rotatable bonds is 5. The summed E-state index contributed by atoms with van der Waals surface area (Å²) in [7, 11) is -4.03. The van der Waals surface area contributed by atoms with Crippen molar-refractivity contribution in [3.63, 3.8) is 0 Å². The van der Waals surface area contributed by atoms with Crippen LogP contribution >= 0.6 is 23.2 Å². The molecule has 0 fully saturated rings. The number of hydrogen-bond donors (Lipinski definition) is 2. The number of hydrogen-bond acceptors (Lipinski definition) is 4. The highest BCUT2D eigenvalue weighted by Crippen LogP contribution is 2.37. The maximum absolute atomic E-state index is 12.8. The smallest absolute Gasteiger partial charge is 0.264 e. The first-order chi connectivity index (χ1) is 12.3. The van der Waals surface area contributed by atoms with Gasteiger partial charge < -0.3 is 9.52 Å². The van der Waals surface area contributed by atoms with E-state index in [0.717, 1.165) is 0 Å². The molecule has 8 heteroatoms. The van der Waals surface area contributed by atoms with Gasteiger partial charge in [-0.25, -0.2) is 8.42 Å². The summed E-state index contributed by atoms with van der Waals surface area (Å²) in [5.74, 6) is 0.539. The van der Waals surface area contributed by atoms with Crippen molar-refractivity contribution < 1.29 is 17.9 Å². The molecular formula is C18H17Cl2NO4S. The van der Waals surface area contributed by atoms with Crippen LogP contribution in [0.4, 0.5) is 5.69 Å². The molecule has 26 heavy (non-hydrogen) atoms. The summed E-state index contributed by atoms with van der Waals surface area (Å²) >= 11 is 12.1. The summed E-state index contributed by atoms with van der Waals surface area (Å²) < 4.78 is 33.8. The van der Waals surface area contributed by atoms with Gasteiger partial charge in [-0.15, -0.1) is 0 Å². The topological polar surface area (TPSA) is 79.5 Å². The first-order valence-corrected chi connectivity index (χ1v) is 10.2. The third-order valence-electron chi connectivity index (χ3n) is 4.09. The van der Waals surface area contributed by atoms with Crippen molar-refractivity contribution in [1.29, 1.82) is 0 Å². The van der Waals surface area contributed by atoms with E-state index in [0.29, 0.717) is 28.7 Å². The second-order valence-electron chi connectivity index (χ2n) is 5.83. The standard InChI is InChI=1S/C18H17Cl2NO4S/c1-3-15(22)16-10(2)25-17-11(16)6-4-9-14(17)21-26(23,24)18-12(19)7-5-8-13(18)20/h4-9,15,21-22H,3H2,1-2H3. The zero-order chi connectivity index (χ0) is 19.1. The zero-order valence-corrected chi connectivity index (χ0v) is 16.4. The quantitative estimate of drug-likeness (QED) is 0.595. The number of anilines is 1. The van der Waals surface area contributed by atoms with Gasteiger partial charge in [0.05, 0.1) is 21.8 Å². The molecule has 0 radical (unpaired) electrons. The van der Waals surface area contributed by atoms with E-state index < -0.39 is 16.1 Å². The van der Waals surface area contributed by atoms with E-state index in [2.05, 4.69) is 4.72 Å². The van der Waals surface area contributed by atoms with Gasteiger partial charge in [0.2, 0.25) is 0 Å². The molecule has 0 saturated carbocycles. The Morgan fingerprint density at radius 3 is 2.38 bits per heavy atom. The molecule has 0 saturated heterocycles. The lowest BCUT2D eigenvalue weighted by atomic mass is 10.0. The predicted octanol–water partition coefficient (Wildman–Crippen LogP) is 5.29. The van der Waals surface area contributed by atoms with E-state index in [1.54, 1.807) is 31.2 Å². The van der Waals surface area contributed by atoms with Gasteiger partial charge >= 0.3 is 0 Å². The van der Waals surface area contributed by atoms with Gasteiger partial charge in [-0.1, -0.05) is 48.3 Å². The Kier molecular flexibility index (Phi) is 5.21. The number of aliphatic hydroxyl groups excluding tert-OH is 1. The van der Waals surface area contributed by atoms with Crippen LogP contribution in [0.3, 0.4) is 0 Å². The van der Waals surface area contributed by atoms with Crippen LogP contribution in [0.5, 0.6) is 0 Å².